The van der Waals surface area contributed by atoms with Crippen LogP contribution in [0.4, 0.5) is 4.79 Å². The van der Waals surface area contributed by atoms with Gasteiger partial charge in [0.1, 0.15) is 79.9 Å². The molecule has 0 aromatic carbocycles. The van der Waals surface area contributed by atoms with Crippen LogP contribution in [0.3, 0.4) is 0 Å². The van der Waals surface area contributed by atoms with Gasteiger partial charge in [0, 0.05) is 25.6 Å². The standard InChI is InChI=1S/C29H46N2O20/c1-10(2)23(40)30-5-4-6-31-28(43)44-9-13-21(19(39)22-26(47-13)51-29(3,50-22)27(41)42)49-25-18(38)16(36)20(12(8-33)46-25)48-24-17(37)15(35)14(34)11(7-32)45-24/h11-22,24-26,32-39H,1,4-9H2,2-3H3,(H,30,40)(H,31,43)(H,41,42)/t11?,12?,13?,14-,15-,16+,17?,18?,19-,20-,21-,22?,24-,25-,26-,29-/m0/s1. The van der Waals surface area contributed by atoms with E-state index in [2.05, 4.69) is 17.2 Å². The van der Waals surface area contributed by atoms with Crippen LogP contribution >= 0.6 is 0 Å². The van der Waals surface area contributed by atoms with E-state index in [1.807, 2.05) is 0 Å². The first-order valence-corrected chi connectivity index (χ1v) is 16.0. The summed E-state index contributed by atoms with van der Waals surface area (Å²) in [5, 5.41) is 97.9. The maximum absolute atomic E-state index is 12.4. The molecule has 0 radical (unpaired) electrons. The van der Waals surface area contributed by atoms with E-state index >= 15 is 0 Å². The van der Waals surface area contributed by atoms with Gasteiger partial charge in [0.05, 0.1) is 13.2 Å². The van der Waals surface area contributed by atoms with Gasteiger partial charge in [-0.05, 0) is 13.3 Å². The first-order chi connectivity index (χ1) is 24.0. The Bertz CT molecular complexity index is 1220. The number of carbonyl (C=O) groups excluding carboxylic acids is 2. The van der Waals surface area contributed by atoms with Gasteiger partial charge in [-0.3, -0.25) is 4.79 Å². The quantitative estimate of drug-likeness (QED) is 0.0583. The summed E-state index contributed by atoms with van der Waals surface area (Å²) < 4.78 is 44.1. The first kappa shape index (κ1) is 41.1. The number of alkyl carbamates (subject to hydrolysis) is 1. The highest BCUT2D eigenvalue weighted by Gasteiger charge is 2.60. The highest BCUT2D eigenvalue weighted by Crippen LogP contribution is 2.39. The fourth-order valence-corrected chi connectivity index (χ4v) is 5.69. The third-order valence-electron chi connectivity index (χ3n) is 8.63. The SMILES string of the molecule is C=C(C)C(=O)NCCCNC(=O)OCC1O[C@H]2O[C@@](C)(C(=O)O)OC2[C@@H](O)[C@H]1O[C@@H]1OC(CO)[C@H](O[C@@H]2OC(CO)[C@H](O)[C@H](O)C2O)[C@H](O)C1O. The third kappa shape index (κ3) is 9.30. The van der Waals surface area contributed by atoms with E-state index in [0.29, 0.717) is 12.0 Å². The molecule has 4 aliphatic rings. The number of aliphatic hydroxyl groups is 8. The van der Waals surface area contributed by atoms with Gasteiger partial charge in [0.15, 0.2) is 18.9 Å². The Kier molecular flexibility index (Phi) is 14.1. The maximum Gasteiger partial charge on any atom is 0.407 e. The van der Waals surface area contributed by atoms with Crippen LogP contribution in [-0.2, 0) is 47.5 Å². The molecule has 4 fully saturated rings. The van der Waals surface area contributed by atoms with Crippen molar-refractivity contribution in [3.05, 3.63) is 12.2 Å². The molecule has 22 heteroatoms. The molecule has 4 saturated heterocycles. The molecule has 6 unspecified atom stereocenters. The van der Waals surface area contributed by atoms with Crippen molar-refractivity contribution in [2.75, 3.05) is 32.9 Å². The fourth-order valence-electron chi connectivity index (χ4n) is 5.69. The molecule has 16 atom stereocenters. The number of hydrogen-bond acceptors (Lipinski definition) is 19. The van der Waals surface area contributed by atoms with Crippen molar-refractivity contribution in [3.63, 3.8) is 0 Å². The molecular formula is C29H46N2O20. The van der Waals surface area contributed by atoms with Crippen molar-refractivity contribution in [2.24, 2.45) is 0 Å². The van der Waals surface area contributed by atoms with Gasteiger partial charge in [-0.15, -0.1) is 0 Å². The lowest BCUT2D eigenvalue weighted by Crippen LogP contribution is -2.66. The van der Waals surface area contributed by atoms with Crippen molar-refractivity contribution in [1.82, 2.24) is 10.6 Å². The number of carboxylic acids is 1. The summed E-state index contributed by atoms with van der Waals surface area (Å²) in [5.74, 6) is -4.17. The van der Waals surface area contributed by atoms with Gasteiger partial charge >= 0.3 is 12.1 Å². The number of hydrogen-bond donors (Lipinski definition) is 11. The number of carboxylic acid groups (broad SMARTS) is 1. The molecule has 51 heavy (non-hydrogen) atoms. The molecule has 22 nitrogen and oxygen atoms in total. The van der Waals surface area contributed by atoms with Crippen LogP contribution in [0.15, 0.2) is 12.2 Å². The van der Waals surface area contributed by atoms with Crippen LogP contribution in [0.1, 0.15) is 20.3 Å². The molecule has 0 aromatic heterocycles. The molecule has 11 N–H and O–H groups in total. The fraction of sp³-hybridized carbons (Fsp3) is 0.828. The van der Waals surface area contributed by atoms with Gasteiger partial charge in [-0.25, -0.2) is 9.59 Å². The molecular weight excluding hydrogens is 696 g/mol. The highest BCUT2D eigenvalue weighted by molar-refractivity contribution is 5.92. The number of aliphatic carboxylic acids is 1. The van der Waals surface area contributed by atoms with E-state index in [1.165, 1.54) is 6.92 Å². The smallest absolute Gasteiger partial charge is 0.407 e. The van der Waals surface area contributed by atoms with Gasteiger partial charge in [-0.1, -0.05) is 6.58 Å². The Morgan fingerprint density at radius 1 is 0.745 bits per heavy atom. The third-order valence-corrected chi connectivity index (χ3v) is 8.63. The lowest BCUT2D eigenvalue weighted by atomic mass is 9.96. The maximum atomic E-state index is 12.4. The van der Waals surface area contributed by atoms with Crippen LogP contribution in [0.25, 0.3) is 0 Å². The average molecular weight is 743 g/mol. The summed E-state index contributed by atoms with van der Waals surface area (Å²) in [4.78, 5) is 35.8. The second kappa shape index (κ2) is 17.5. The number of nitrogens with one attached hydrogen (secondary N) is 2. The first-order valence-electron chi connectivity index (χ1n) is 16.0. The van der Waals surface area contributed by atoms with Crippen molar-refractivity contribution < 1.29 is 98.2 Å². The lowest BCUT2D eigenvalue weighted by molar-refractivity contribution is -0.374. The zero-order chi connectivity index (χ0) is 37.8. The Balaban J connectivity index is 1.44. The number of fused-ring (bicyclic) bond motifs is 1. The summed E-state index contributed by atoms with van der Waals surface area (Å²) in [7, 11) is 0. The Labute approximate surface area is 290 Å². The van der Waals surface area contributed by atoms with Crippen LogP contribution in [0, 0.1) is 0 Å². The van der Waals surface area contributed by atoms with Gasteiger partial charge in [-0.2, -0.15) is 0 Å². The van der Waals surface area contributed by atoms with E-state index in [9.17, 15) is 60.3 Å². The molecule has 4 aliphatic heterocycles. The van der Waals surface area contributed by atoms with E-state index in [-0.39, 0.29) is 19.0 Å². The van der Waals surface area contributed by atoms with Crippen LogP contribution < -0.4 is 10.6 Å². The van der Waals surface area contributed by atoms with Crippen LogP contribution in [-0.4, -0.2) is 195 Å². The zero-order valence-corrected chi connectivity index (χ0v) is 27.6. The molecule has 0 bridgehead atoms. The molecule has 0 aliphatic carbocycles. The van der Waals surface area contributed by atoms with Crippen molar-refractivity contribution >= 4 is 18.0 Å². The largest absolute Gasteiger partial charge is 0.477 e. The summed E-state index contributed by atoms with van der Waals surface area (Å²) in [5.41, 5.74) is 0.310. The zero-order valence-electron chi connectivity index (χ0n) is 27.6. The van der Waals surface area contributed by atoms with E-state index in [0.717, 1.165) is 6.92 Å². The van der Waals surface area contributed by atoms with Gasteiger partial charge in [0.2, 0.25) is 5.91 Å². The molecule has 4 rings (SSSR count). The van der Waals surface area contributed by atoms with E-state index < -0.39 is 130 Å². The minimum Gasteiger partial charge on any atom is -0.477 e. The normalized spacial score (nSPS) is 42.4. The summed E-state index contributed by atoms with van der Waals surface area (Å²) in [6, 6.07) is 0. The van der Waals surface area contributed by atoms with Crippen molar-refractivity contribution in [3.8, 4) is 0 Å². The molecule has 4 heterocycles. The second-order valence-electron chi connectivity index (χ2n) is 12.5. The average Bonchev–Trinajstić information content (AvgIpc) is 3.45. The number of rotatable bonds is 14. The van der Waals surface area contributed by atoms with Crippen LogP contribution in [0.2, 0.25) is 0 Å². The van der Waals surface area contributed by atoms with Gasteiger partial charge in [0.25, 0.3) is 5.79 Å². The molecule has 0 saturated carbocycles. The minimum atomic E-state index is -2.26. The summed E-state index contributed by atoms with van der Waals surface area (Å²) in [6.07, 6.45) is -26.1. The van der Waals surface area contributed by atoms with Crippen molar-refractivity contribution in [1.29, 1.82) is 0 Å². The van der Waals surface area contributed by atoms with E-state index in [4.69, 9.17) is 37.9 Å². The summed E-state index contributed by atoms with van der Waals surface area (Å²) in [6.45, 7) is 4.09. The van der Waals surface area contributed by atoms with E-state index in [1.54, 1.807) is 0 Å². The Morgan fingerprint density at radius 2 is 1.31 bits per heavy atom. The number of ether oxygens (including phenoxy) is 8. The molecule has 0 spiro atoms. The molecule has 0 aromatic rings. The monoisotopic (exact) mass is 742 g/mol. The number of amides is 2. The molecule has 292 valence electrons. The molecule has 2 amide bonds. The predicted octanol–water partition coefficient (Wildman–Crippen LogP) is -5.89. The highest BCUT2D eigenvalue weighted by atomic mass is 16.8. The second-order valence-corrected chi connectivity index (χ2v) is 12.5. The van der Waals surface area contributed by atoms with Crippen LogP contribution in [0.5, 0.6) is 0 Å². The lowest BCUT2D eigenvalue weighted by Gasteiger charge is -2.47. The topological polar surface area (TPSA) is 331 Å². The minimum absolute atomic E-state index is 0.0803. The Morgan fingerprint density at radius 3 is 1.90 bits per heavy atom. The predicted molar refractivity (Wildman–Crippen MR) is 160 cm³/mol. The Hall–Kier alpha value is -2.65. The van der Waals surface area contributed by atoms with Gasteiger partial charge < -0.3 is 94.5 Å². The van der Waals surface area contributed by atoms with Crippen molar-refractivity contribution in [2.45, 2.75) is 118 Å². The summed E-state index contributed by atoms with van der Waals surface area (Å²) >= 11 is 0. The number of carbonyl (C=O) groups is 3. The number of aliphatic hydroxyl groups excluding tert-OH is 8.